The summed E-state index contributed by atoms with van der Waals surface area (Å²) in [5.74, 6) is -3.35. The number of carbonyl (C=O) groups is 3. The molecule has 0 spiro atoms. The van der Waals surface area contributed by atoms with Gasteiger partial charge in [-0.2, -0.15) is 0 Å². The average Bonchev–Trinajstić information content (AvgIpc) is 2.86. The van der Waals surface area contributed by atoms with Gasteiger partial charge in [0.2, 0.25) is 0 Å². The Morgan fingerprint density at radius 2 is 0.842 bits per heavy atom. The van der Waals surface area contributed by atoms with Crippen LogP contribution in [-0.4, -0.2) is 62.4 Å². The summed E-state index contributed by atoms with van der Waals surface area (Å²) >= 11 is 0. The normalized spacial score (nSPS) is 15.7. The van der Waals surface area contributed by atoms with Gasteiger partial charge in [-0.25, -0.2) is 14.4 Å². The number of rotatable bonds is 26. The minimum absolute atomic E-state index is 0.193. The number of quaternary nitrogens is 1. The van der Waals surface area contributed by atoms with E-state index in [-0.39, 0.29) is 25.8 Å². The maximum Gasteiger partial charge on any atom is 0.362 e. The van der Waals surface area contributed by atoms with E-state index in [1.54, 1.807) is 20.8 Å². The van der Waals surface area contributed by atoms with Gasteiger partial charge in [-0.05, 0) is 32.1 Å². The zero-order chi connectivity index (χ0) is 28.8. The van der Waals surface area contributed by atoms with E-state index in [1.165, 1.54) is 70.6 Å². The fraction of sp³-hybridized carbons (Fsp3) is 0.839. The fourth-order valence-corrected chi connectivity index (χ4v) is 6.08. The minimum Gasteiger partial charge on any atom is -0.477 e. The third kappa shape index (κ3) is 12.8. The summed E-state index contributed by atoms with van der Waals surface area (Å²) in [6, 6.07) is -3.18. The van der Waals surface area contributed by atoms with Crippen LogP contribution in [0.5, 0.6) is 0 Å². The molecule has 7 nitrogen and oxygen atoms in total. The van der Waals surface area contributed by atoms with Crippen LogP contribution >= 0.6 is 0 Å². The highest BCUT2D eigenvalue weighted by Gasteiger charge is 2.55. The lowest BCUT2D eigenvalue weighted by molar-refractivity contribution is -0.973. The number of carboxylic acid groups (broad SMARTS) is 3. The van der Waals surface area contributed by atoms with Crippen molar-refractivity contribution in [2.24, 2.45) is 0 Å². The van der Waals surface area contributed by atoms with Crippen molar-refractivity contribution in [2.75, 3.05) is 6.54 Å². The molecule has 38 heavy (non-hydrogen) atoms. The molecule has 0 aliphatic carbocycles. The molecule has 0 rings (SSSR count). The molecule has 0 bridgehead atoms. The zero-order valence-electron chi connectivity index (χ0n) is 24.8. The van der Waals surface area contributed by atoms with Crippen LogP contribution < -0.4 is 0 Å². The topological polar surface area (TPSA) is 112 Å². The maximum absolute atomic E-state index is 12.2. The first kappa shape index (κ1) is 36.1. The quantitative estimate of drug-likeness (QED) is 0.0586. The molecular weight excluding hydrogens is 482 g/mol. The molecule has 0 aliphatic heterocycles. The SMILES string of the molecule is CCCC/C=C/CCCCCCCCCCCCC[N+](C(CC)C(=O)O)(C(CC)C(=O)O)C(CC)C(=O)O. The Bertz CT molecular complexity index is 622. The molecular formula is C31H58NO6+. The third-order valence-electron chi connectivity index (χ3n) is 8.06. The van der Waals surface area contributed by atoms with Gasteiger partial charge in [0, 0.05) is 19.3 Å². The van der Waals surface area contributed by atoms with Gasteiger partial charge in [0.1, 0.15) is 0 Å². The fourth-order valence-electron chi connectivity index (χ4n) is 6.08. The second-order valence-electron chi connectivity index (χ2n) is 10.8. The Morgan fingerprint density at radius 1 is 0.526 bits per heavy atom. The Balaban J connectivity index is 4.65. The molecule has 222 valence electrons. The van der Waals surface area contributed by atoms with Crippen LogP contribution in [0.2, 0.25) is 0 Å². The Morgan fingerprint density at radius 3 is 1.16 bits per heavy atom. The van der Waals surface area contributed by atoms with Gasteiger partial charge in [0.05, 0.1) is 6.54 Å². The van der Waals surface area contributed by atoms with Crippen molar-refractivity contribution in [3.8, 4) is 0 Å². The van der Waals surface area contributed by atoms with Crippen LogP contribution in [0, 0.1) is 0 Å². The first-order chi connectivity index (χ1) is 18.2. The lowest BCUT2D eigenvalue weighted by Crippen LogP contribution is -2.72. The highest BCUT2D eigenvalue weighted by molar-refractivity contribution is 5.78. The molecule has 3 N–H and O–H groups in total. The van der Waals surface area contributed by atoms with Gasteiger partial charge in [0.25, 0.3) is 0 Å². The highest BCUT2D eigenvalue weighted by atomic mass is 16.4. The van der Waals surface area contributed by atoms with Gasteiger partial charge >= 0.3 is 17.9 Å². The second kappa shape index (κ2) is 22.0. The Hall–Kier alpha value is -1.89. The smallest absolute Gasteiger partial charge is 0.362 e. The van der Waals surface area contributed by atoms with Crippen molar-refractivity contribution in [3.05, 3.63) is 12.2 Å². The van der Waals surface area contributed by atoms with Crippen LogP contribution in [0.4, 0.5) is 0 Å². The predicted molar refractivity (Wildman–Crippen MR) is 154 cm³/mol. The van der Waals surface area contributed by atoms with Crippen LogP contribution in [0.3, 0.4) is 0 Å². The van der Waals surface area contributed by atoms with E-state index in [4.69, 9.17) is 0 Å². The zero-order valence-corrected chi connectivity index (χ0v) is 24.8. The monoisotopic (exact) mass is 540 g/mol. The third-order valence-corrected chi connectivity index (χ3v) is 8.06. The highest BCUT2D eigenvalue weighted by Crippen LogP contribution is 2.32. The summed E-state index contributed by atoms with van der Waals surface area (Å²) in [5.41, 5.74) is 0. The minimum atomic E-state index is -1.12. The molecule has 0 aromatic carbocycles. The molecule has 0 radical (unpaired) electrons. The molecule has 7 heteroatoms. The summed E-state index contributed by atoms with van der Waals surface area (Å²) in [7, 11) is 0. The van der Waals surface area contributed by atoms with E-state index >= 15 is 0 Å². The van der Waals surface area contributed by atoms with E-state index in [9.17, 15) is 29.7 Å². The number of unbranched alkanes of at least 4 members (excludes halogenated alkanes) is 13. The molecule has 0 aromatic rings. The molecule has 0 amide bonds. The Labute approximate surface area is 232 Å². The molecule has 0 heterocycles. The van der Waals surface area contributed by atoms with Gasteiger partial charge in [0.15, 0.2) is 18.1 Å². The summed E-state index contributed by atoms with van der Waals surface area (Å²) in [4.78, 5) is 36.7. The average molecular weight is 541 g/mol. The van der Waals surface area contributed by atoms with Crippen molar-refractivity contribution < 1.29 is 34.2 Å². The van der Waals surface area contributed by atoms with E-state index in [0.717, 1.165) is 19.3 Å². The van der Waals surface area contributed by atoms with E-state index in [1.807, 2.05) is 0 Å². The standard InChI is InChI=1S/C31H57NO6/c1-5-9-10-11-12-13-14-15-16-17-18-19-20-21-22-23-24-25-32(26(6-2)29(33)34,27(7-3)30(35)36)28(8-4)31(37)38/h11-12,26-28H,5-10,13-25H2,1-4H3,(H2-,33,34,35,36,37,38)/p+1/b12-11+. The molecule has 3 atom stereocenters. The van der Waals surface area contributed by atoms with Crippen molar-refractivity contribution in [1.29, 1.82) is 0 Å². The summed E-state index contributed by atoms with van der Waals surface area (Å²) in [6.07, 6.45) is 22.6. The van der Waals surface area contributed by atoms with Crippen molar-refractivity contribution >= 4 is 17.9 Å². The van der Waals surface area contributed by atoms with Crippen LogP contribution in [-0.2, 0) is 14.4 Å². The number of nitrogens with zero attached hydrogens (tertiary/aromatic N) is 1. The molecule has 3 unspecified atom stereocenters. The van der Waals surface area contributed by atoms with Gasteiger partial charge in [-0.15, -0.1) is 0 Å². The number of allylic oxidation sites excluding steroid dienone is 2. The molecule has 0 aromatic heterocycles. The largest absolute Gasteiger partial charge is 0.477 e. The summed E-state index contributed by atoms with van der Waals surface area (Å²) in [6.45, 7) is 7.61. The first-order valence-electron chi connectivity index (χ1n) is 15.4. The van der Waals surface area contributed by atoms with Gasteiger partial charge in [-0.3, -0.25) is 4.48 Å². The van der Waals surface area contributed by atoms with Gasteiger partial charge < -0.3 is 15.3 Å². The molecule has 0 aliphatic rings. The second-order valence-corrected chi connectivity index (χ2v) is 10.8. The van der Waals surface area contributed by atoms with Crippen molar-refractivity contribution in [1.82, 2.24) is 0 Å². The first-order valence-corrected chi connectivity index (χ1v) is 15.4. The molecule has 0 fully saturated rings. The summed E-state index contributed by atoms with van der Waals surface area (Å²) < 4.78 is -0.405. The number of aliphatic carboxylic acids is 3. The number of hydrogen-bond donors (Lipinski definition) is 3. The Kier molecular flexibility index (Phi) is 20.9. The number of hydrogen-bond acceptors (Lipinski definition) is 3. The van der Waals surface area contributed by atoms with Crippen LogP contribution in [0.25, 0.3) is 0 Å². The van der Waals surface area contributed by atoms with Crippen LogP contribution in [0.15, 0.2) is 12.2 Å². The van der Waals surface area contributed by atoms with Gasteiger partial charge in [-0.1, -0.05) is 104 Å². The maximum atomic E-state index is 12.2. The lowest BCUT2D eigenvalue weighted by atomic mass is 9.93. The van der Waals surface area contributed by atoms with Crippen LogP contribution in [0.1, 0.15) is 143 Å². The van der Waals surface area contributed by atoms with E-state index < -0.39 is 40.5 Å². The molecule has 0 saturated heterocycles. The summed E-state index contributed by atoms with van der Waals surface area (Å²) in [5, 5.41) is 30.0. The lowest BCUT2D eigenvalue weighted by Gasteiger charge is -2.49. The predicted octanol–water partition coefficient (Wildman–Crippen LogP) is 7.82. The van der Waals surface area contributed by atoms with Crippen molar-refractivity contribution in [2.45, 2.75) is 161 Å². The van der Waals surface area contributed by atoms with Crippen molar-refractivity contribution in [3.63, 3.8) is 0 Å². The van der Waals surface area contributed by atoms with E-state index in [0.29, 0.717) is 6.42 Å². The molecule has 0 saturated carbocycles. The van der Waals surface area contributed by atoms with E-state index in [2.05, 4.69) is 19.1 Å². The number of carboxylic acids is 3.